The predicted molar refractivity (Wildman–Crippen MR) is 327 cm³/mol. The van der Waals surface area contributed by atoms with Crippen molar-refractivity contribution in [1.29, 1.82) is 0 Å². The molecule has 6 heterocycles. The lowest BCUT2D eigenvalue weighted by molar-refractivity contribution is -0.123. The molecule has 0 unspecified atom stereocenters. The molecule has 2 saturated carbocycles. The lowest BCUT2D eigenvalue weighted by Crippen LogP contribution is -2.50. The molecule has 4 fully saturated rings. The van der Waals surface area contributed by atoms with Crippen LogP contribution in [0.1, 0.15) is 164 Å². The van der Waals surface area contributed by atoms with E-state index in [1.165, 1.54) is 11.1 Å². The van der Waals surface area contributed by atoms with Gasteiger partial charge in [0.15, 0.2) is 5.78 Å². The molecular formula is C68H82N10O7. The van der Waals surface area contributed by atoms with Crippen LogP contribution in [0.15, 0.2) is 98.1 Å². The molecule has 4 aliphatic carbocycles. The largest absolute Gasteiger partial charge is 0.447 e. The third-order valence-corrected chi connectivity index (χ3v) is 18.1. The standard InChI is InChI=1S/C36H43N5O3.C32H39N5O4/c1-24-7-8-27-28(18-24)29(30(31-22-37-23-39(31)4)20-26(42)21-35(2)9-10-35)19-25-6-5-13-38-32(25)33(27)40-14-16-41(17-15-40)34(43)44-36(3)11-12-36;1-21(2)41-32(39)37-13-11-36(12-14-37)31-25-9-8-22(3)15-26(25)27(16-23-7-6-10-34-30(23)31)28(17-24(38)19-40-5)29-18-33-20-35(29)4/h5-8,13,18-19,22-23,30,33H,9-12,14-17,20-21H2,1-4H3;6-10,15-16,18,20-21,28,31H,11-14,17,19H2,1-5H3/t30-,33+;28-,31+/m11/s1. The predicted octanol–water partition coefficient (Wildman–Crippen LogP) is 10.9. The Hall–Kier alpha value is -7.60. The summed E-state index contributed by atoms with van der Waals surface area (Å²) in [4.78, 5) is 79.4. The smallest absolute Gasteiger partial charge is 0.410 e. The second-order valence-electron chi connectivity index (χ2n) is 25.3. The Labute approximate surface area is 500 Å². The number of rotatable bonds is 16. The number of carbonyl (C=O) groups is 4. The number of nitrogens with zero attached hydrogens (tertiary/aromatic N) is 10. The van der Waals surface area contributed by atoms with E-state index < -0.39 is 0 Å². The van der Waals surface area contributed by atoms with E-state index >= 15 is 0 Å². The highest BCUT2D eigenvalue weighted by Crippen LogP contribution is 2.51. The number of benzene rings is 2. The second-order valence-corrected chi connectivity index (χ2v) is 25.3. The molecule has 17 nitrogen and oxygen atoms in total. The van der Waals surface area contributed by atoms with Crippen LogP contribution in [0.2, 0.25) is 0 Å². The molecule has 0 N–H and O–H groups in total. The molecule has 0 radical (unpaired) electrons. The van der Waals surface area contributed by atoms with E-state index in [-0.39, 0.29) is 65.6 Å². The third-order valence-electron chi connectivity index (χ3n) is 18.1. The fraction of sp³-hybridized carbons (Fsp3) is 0.471. The van der Waals surface area contributed by atoms with Crippen molar-refractivity contribution in [3.8, 4) is 0 Å². The lowest BCUT2D eigenvalue weighted by atomic mass is 9.81. The zero-order valence-corrected chi connectivity index (χ0v) is 50.9. The Morgan fingerprint density at radius 2 is 1.09 bits per heavy atom. The summed E-state index contributed by atoms with van der Waals surface area (Å²) in [7, 11) is 5.53. The molecule has 2 aromatic carbocycles. The van der Waals surface area contributed by atoms with Crippen LogP contribution in [0, 0.1) is 19.3 Å². The van der Waals surface area contributed by atoms with Crippen LogP contribution >= 0.6 is 0 Å². The molecular weight excluding hydrogens is 1070 g/mol. The number of hydrogen-bond acceptors (Lipinski definition) is 13. The molecule has 4 aromatic heterocycles. The molecule has 4 atom stereocenters. The molecule has 6 aromatic rings. The Morgan fingerprint density at radius 1 is 0.624 bits per heavy atom. The number of aromatic nitrogens is 6. The number of hydrogen-bond donors (Lipinski definition) is 0. The number of Topliss-reactive ketones (excluding diaryl/α,β-unsaturated/α-hetero) is 2. The van der Waals surface area contributed by atoms with Gasteiger partial charge in [0.25, 0.3) is 0 Å². The van der Waals surface area contributed by atoms with E-state index in [2.05, 4.69) is 106 Å². The van der Waals surface area contributed by atoms with Crippen molar-refractivity contribution in [3.63, 3.8) is 0 Å². The number of amides is 2. The second kappa shape index (κ2) is 24.8. The van der Waals surface area contributed by atoms with Gasteiger partial charge < -0.3 is 33.1 Å². The number of allylic oxidation sites excluding steroid dienone is 2. The molecule has 2 amide bonds. The highest BCUT2D eigenvalue weighted by molar-refractivity contribution is 5.94. The van der Waals surface area contributed by atoms with Crippen LogP contribution in [0.3, 0.4) is 0 Å². The van der Waals surface area contributed by atoms with E-state index in [0.29, 0.717) is 64.3 Å². The van der Waals surface area contributed by atoms with Gasteiger partial charge in [-0.1, -0.05) is 66.6 Å². The first-order chi connectivity index (χ1) is 40.9. The summed E-state index contributed by atoms with van der Waals surface area (Å²) < 4.78 is 20.5. The third kappa shape index (κ3) is 13.1. The fourth-order valence-corrected chi connectivity index (χ4v) is 12.9. The van der Waals surface area contributed by atoms with Crippen LogP contribution in [0.5, 0.6) is 0 Å². The molecule has 446 valence electrons. The SMILES string of the molecule is COCC(=O)C[C@H](C1=Cc2cccnc2[C@@H](N2CCN(C(=O)OC(C)C)CC2)c2ccc(C)cc21)c1cncn1C.Cc1ccc2c(c1)C([C@@H](CC(=O)CC1(C)CC1)c1cncn1C)=Cc1cccnc1[C@H]2N1CCN(C(=O)OC2(C)CC2)CC1. The number of fused-ring (bicyclic) bond motifs is 4. The summed E-state index contributed by atoms with van der Waals surface area (Å²) in [5.41, 5.74) is 15.1. The van der Waals surface area contributed by atoms with Crippen LogP contribution in [0.25, 0.3) is 23.3 Å². The van der Waals surface area contributed by atoms with Gasteiger partial charge in [0.05, 0.1) is 42.2 Å². The van der Waals surface area contributed by atoms with Crippen molar-refractivity contribution in [2.24, 2.45) is 19.5 Å². The highest BCUT2D eigenvalue weighted by atomic mass is 16.6. The zero-order chi connectivity index (χ0) is 59.7. The fourth-order valence-electron chi connectivity index (χ4n) is 12.9. The van der Waals surface area contributed by atoms with Gasteiger partial charge in [0, 0.05) is 141 Å². The number of imidazole rings is 2. The van der Waals surface area contributed by atoms with Gasteiger partial charge in [0.2, 0.25) is 0 Å². The number of carbonyl (C=O) groups excluding carboxylic acids is 4. The van der Waals surface area contributed by atoms with E-state index in [4.69, 9.17) is 24.2 Å². The molecule has 12 rings (SSSR count). The first-order valence-corrected chi connectivity index (χ1v) is 30.3. The Morgan fingerprint density at radius 3 is 1.52 bits per heavy atom. The van der Waals surface area contributed by atoms with Crippen molar-refractivity contribution in [2.45, 2.75) is 122 Å². The van der Waals surface area contributed by atoms with Crippen LogP contribution in [-0.2, 0) is 37.9 Å². The maximum Gasteiger partial charge on any atom is 0.410 e. The topological polar surface area (TPSA) is 170 Å². The van der Waals surface area contributed by atoms with E-state index in [0.717, 1.165) is 106 Å². The summed E-state index contributed by atoms with van der Waals surface area (Å²) in [6.07, 6.45) is 20.5. The van der Waals surface area contributed by atoms with Crippen molar-refractivity contribution in [1.82, 2.24) is 48.7 Å². The Balaban J connectivity index is 0.000000178. The molecule has 0 spiro atoms. The molecule has 17 heteroatoms. The Bertz CT molecular complexity index is 3520. The van der Waals surface area contributed by atoms with Gasteiger partial charge in [-0.2, -0.15) is 0 Å². The van der Waals surface area contributed by atoms with Gasteiger partial charge in [-0.25, -0.2) is 19.6 Å². The van der Waals surface area contributed by atoms with Gasteiger partial charge in [-0.05, 0) is 135 Å². The first kappa shape index (κ1) is 59.1. The maximum absolute atomic E-state index is 13.6. The van der Waals surface area contributed by atoms with Crippen molar-refractivity contribution >= 4 is 47.1 Å². The van der Waals surface area contributed by atoms with Crippen LogP contribution in [-0.4, -0.2) is 150 Å². The van der Waals surface area contributed by atoms with Crippen LogP contribution in [0.4, 0.5) is 9.59 Å². The number of aryl methyl sites for hydroxylation is 4. The van der Waals surface area contributed by atoms with Gasteiger partial charge in [-0.3, -0.25) is 29.4 Å². The highest BCUT2D eigenvalue weighted by Gasteiger charge is 2.45. The van der Waals surface area contributed by atoms with Gasteiger partial charge in [0.1, 0.15) is 18.0 Å². The average molecular weight is 1150 g/mol. The number of ketones is 2. The van der Waals surface area contributed by atoms with E-state index in [1.54, 1.807) is 18.3 Å². The first-order valence-electron chi connectivity index (χ1n) is 30.3. The minimum absolute atomic E-state index is 0.0328. The maximum atomic E-state index is 13.6. The lowest BCUT2D eigenvalue weighted by Gasteiger charge is -2.39. The number of pyridine rings is 2. The van der Waals surface area contributed by atoms with Crippen molar-refractivity contribution in [3.05, 3.63) is 165 Å². The molecule has 2 aliphatic heterocycles. The number of methoxy groups -OCH3 is 1. The monoisotopic (exact) mass is 1150 g/mol. The van der Waals surface area contributed by atoms with Gasteiger partial charge in [-0.15, -0.1) is 0 Å². The minimum Gasteiger partial charge on any atom is -0.447 e. The summed E-state index contributed by atoms with van der Waals surface area (Å²) >= 11 is 0. The average Bonchev–Trinajstić information content (AvgIpc) is 2.44. The minimum atomic E-state index is -0.278. The normalized spacial score (nSPS) is 20.1. The quantitative estimate of drug-likeness (QED) is 0.0898. The Kier molecular flexibility index (Phi) is 17.2. The molecule has 6 aliphatic rings. The molecule has 2 saturated heterocycles. The van der Waals surface area contributed by atoms with Gasteiger partial charge >= 0.3 is 12.2 Å². The molecule has 0 bridgehead atoms. The number of piperazine rings is 2. The summed E-state index contributed by atoms with van der Waals surface area (Å²) in [5, 5.41) is 0. The molecule has 85 heavy (non-hydrogen) atoms. The van der Waals surface area contributed by atoms with E-state index in [9.17, 15) is 19.2 Å². The summed E-state index contributed by atoms with van der Waals surface area (Å²) in [6.45, 7) is 17.5. The van der Waals surface area contributed by atoms with Crippen LogP contribution < -0.4 is 0 Å². The van der Waals surface area contributed by atoms with Crippen molar-refractivity contribution < 1.29 is 33.4 Å². The summed E-state index contributed by atoms with van der Waals surface area (Å²) in [5.74, 6) is -0.0211. The summed E-state index contributed by atoms with van der Waals surface area (Å²) in [6, 6.07) is 21.3. The van der Waals surface area contributed by atoms with E-state index in [1.807, 2.05) is 87.6 Å². The zero-order valence-electron chi connectivity index (χ0n) is 50.9. The number of ether oxygens (including phenoxy) is 3. The van der Waals surface area contributed by atoms with Crippen molar-refractivity contribution in [2.75, 3.05) is 66.1 Å².